The fraction of sp³-hybridized carbons (Fsp3) is 0.500. The van der Waals surface area contributed by atoms with Gasteiger partial charge in [-0.1, -0.05) is 12.1 Å². The number of fused-ring (bicyclic) bond motifs is 1. The summed E-state index contributed by atoms with van der Waals surface area (Å²) in [7, 11) is 0. The second-order valence-corrected chi connectivity index (χ2v) is 7.53. The number of amides is 1. The number of hydrogen-bond donors (Lipinski definition) is 0. The molecule has 0 bridgehead atoms. The van der Waals surface area contributed by atoms with Crippen LogP contribution in [0.25, 0.3) is 22.3 Å². The average molecular weight is 381 g/mol. The maximum Gasteiger partial charge on any atom is 0.222 e. The minimum atomic E-state index is 0.225. The lowest BCUT2D eigenvalue weighted by atomic mass is 9.94. The zero-order valence-corrected chi connectivity index (χ0v) is 15.9. The first-order chi connectivity index (χ1) is 13.7. The van der Waals surface area contributed by atoms with Gasteiger partial charge in [0.1, 0.15) is 11.5 Å². The number of aromatic nitrogens is 4. The molecule has 2 aliphatic heterocycles. The van der Waals surface area contributed by atoms with E-state index >= 15 is 0 Å². The van der Waals surface area contributed by atoms with Gasteiger partial charge in [-0.3, -0.25) is 14.5 Å². The second-order valence-electron chi connectivity index (χ2n) is 7.53. The highest BCUT2D eigenvalue weighted by Crippen LogP contribution is 2.32. The smallest absolute Gasteiger partial charge is 0.222 e. The summed E-state index contributed by atoms with van der Waals surface area (Å²) in [5.41, 5.74) is 2.55. The van der Waals surface area contributed by atoms with Crippen LogP contribution in [0.2, 0.25) is 0 Å². The van der Waals surface area contributed by atoms with Crippen LogP contribution in [0, 0.1) is 0 Å². The number of nitrogens with zero attached hydrogens (tertiary/aromatic N) is 5. The zero-order chi connectivity index (χ0) is 19.1. The van der Waals surface area contributed by atoms with Crippen LogP contribution in [0.3, 0.4) is 0 Å². The molecule has 0 unspecified atom stereocenters. The third-order valence-corrected chi connectivity index (χ3v) is 5.79. The third kappa shape index (κ3) is 2.97. The molecule has 0 spiro atoms. The average Bonchev–Trinajstić information content (AvgIpc) is 3.34. The maximum atomic E-state index is 11.9. The Kier molecular flexibility index (Phi) is 4.35. The van der Waals surface area contributed by atoms with Crippen LogP contribution in [0.4, 0.5) is 0 Å². The highest BCUT2D eigenvalue weighted by atomic mass is 16.5. The first kappa shape index (κ1) is 17.4. The van der Waals surface area contributed by atoms with Crippen molar-refractivity contribution in [1.82, 2.24) is 24.8 Å². The highest BCUT2D eigenvalue weighted by molar-refractivity contribution is 5.81. The van der Waals surface area contributed by atoms with E-state index < -0.39 is 0 Å². The Morgan fingerprint density at radius 1 is 1.18 bits per heavy atom. The molecule has 0 aliphatic carbocycles. The Morgan fingerprint density at radius 3 is 2.71 bits per heavy atom. The molecule has 0 saturated carbocycles. The van der Waals surface area contributed by atoms with E-state index in [1.54, 1.807) is 0 Å². The summed E-state index contributed by atoms with van der Waals surface area (Å²) in [6, 6.07) is 4.30. The lowest BCUT2D eigenvalue weighted by Crippen LogP contribution is -2.37. The molecule has 0 aromatic carbocycles. The number of pyridine rings is 1. The monoisotopic (exact) mass is 381 g/mol. The molecule has 146 valence electrons. The predicted molar refractivity (Wildman–Crippen MR) is 102 cm³/mol. The van der Waals surface area contributed by atoms with Gasteiger partial charge in [-0.05, 0) is 18.9 Å². The van der Waals surface area contributed by atoms with Crippen molar-refractivity contribution in [2.45, 2.75) is 38.1 Å². The first-order valence-electron chi connectivity index (χ1n) is 9.88. The highest BCUT2D eigenvalue weighted by Gasteiger charge is 2.27. The number of piperidine rings is 1. The molecule has 2 aliphatic rings. The third-order valence-electron chi connectivity index (χ3n) is 5.79. The molecule has 2 saturated heterocycles. The van der Waals surface area contributed by atoms with E-state index in [4.69, 9.17) is 9.26 Å². The standard InChI is InChI=1S/C20H23N5O3/c1-2-20(26)24-5-3-13(4-6-24)19-8-17(23-28-19)16-7-18-14(9-21-16)10-22-25(18)15-11-27-12-15/h7-10,13,15H,2-6,11-12H2,1H3. The van der Waals surface area contributed by atoms with E-state index in [-0.39, 0.29) is 11.9 Å². The maximum absolute atomic E-state index is 11.9. The predicted octanol–water partition coefficient (Wildman–Crippen LogP) is 2.77. The lowest BCUT2D eigenvalue weighted by Gasteiger charge is -2.30. The van der Waals surface area contributed by atoms with Crippen molar-refractivity contribution in [3.63, 3.8) is 0 Å². The topological polar surface area (TPSA) is 86.3 Å². The molecule has 3 aromatic rings. The van der Waals surface area contributed by atoms with Gasteiger partial charge in [0.2, 0.25) is 5.91 Å². The van der Waals surface area contributed by atoms with Gasteiger partial charge in [0.25, 0.3) is 0 Å². The van der Waals surface area contributed by atoms with Gasteiger partial charge in [-0.25, -0.2) is 0 Å². The van der Waals surface area contributed by atoms with E-state index in [1.807, 2.05) is 41.0 Å². The molecule has 5 heterocycles. The summed E-state index contributed by atoms with van der Waals surface area (Å²) in [5.74, 6) is 1.40. The Bertz CT molecular complexity index is 998. The number of carbonyl (C=O) groups excluding carboxylic acids is 1. The van der Waals surface area contributed by atoms with Crippen LogP contribution in [0.5, 0.6) is 0 Å². The van der Waals surface area contributed by atoms with Gasteiger partial charge >= 0.3 is 0 Å². The number of carbonyl (C=O) groups is 1. The number of likely N-dealkylation sites (tertiary alicyclic amines) is 1. The second kappa shape index (κ2) is 7.01. The van der Waals surface area contributed by atoms with Crippen LogP contribution in [-0.2, 0) is 9.53 Å². The minimum absolute atomic E-state index is 0.225. The van der Waals surface area contributed by atoms with Gasteiger partial charge in [0, 0.05) is 43.1 Å². The molecule has 5 rings (SSSR count). The summed E-state index contributed by atoms with van der Waals surface area (Å²) in [6.45, 7) is 4.86. The van der Waals surface area contributed by atoms with Gasteiger partial charge in [0.05, 0.1) is 36.7 Å². The first-order valence-corrected chi connectivity index (χ1v) is 9.88. The Hall–Kier alpha value is -2.74. The van der Waals surface area contributed by atoms with E-state index in [0.717, 1.165) is 54.0 Å². The molecule has 8 nitrogen and oxygen atoms in total. The summed E-state index contributed by atoms with van der Waals surface area (Å²) >= 11 is 0. The Balaban J connectivity index is 1.35. The molecule has 0 radical (unpaired) electrons. The summed E-state index contributed by atoms with van der Waals surface area (Å²) in [6.07, 6.45) is 6.04. The number of hydrogen-bond acceptors (Lipinski definition) is 6. The van der Waals surface area contributed by atoms with E-state index in [9.17, 15) is 4.79 Å². The summed E-state index contributed by atoms with van der Waals surface area (Å²) in [5, 5.41) is 9.75. The Labute approximate surface area is 162 Å². The van der Waals surface area contributed by atoms with Gasteiger partial charge in [0.15, 0.2) is 0 Å². The van der Waals surface area contributed by atoms with Crippen molar-refractivity contribution in [1.29, 1.82) is 0 Å². The van der Waals surface area contributed by atoms with Crippen molar-refractivity contribution >= 4 is 16.8 Å². The minimum Gasteiger partial charge on any atom is -0.377 e. The fourth-order valence-corrected chi connectivity index (χ4v) is 3.97. The van der Waals surface area contributed by atoms with Crippen LogP contribution < -0.4 is 0 Å². The Morgan fingerprint density at radius 2 is 2.00 bits per heavy atom. The largest absolute Gasteiger partial charge is 0.377 e. The molecule has 28 heavy (non-hydrogen) atoms. The van der Waals surface area contributed by atoms with E-state index in [0.29, 0.717) is 25.6 Å². The van der Waals surface area contributed by atoms with Gasteiger partial charge < -0.3 is 14.2 Å². The van der Waals surface area contributed by atoms with Crippen LogP contribution in [-0.4, -0.2) is 57.0 Å². The van der Waals surface area contributed by atoms with Crippen molar-refractivity contribution in [3.8, 4) is 11.4 Å². The fourth-order valence-electron chi connectivity index (χ4n) is 3.97. The molecular weight excluding hydrogens is 358 g/mol. The summed E-state index contributed by atoms with van der Waals surface area (Å²) < 4.78 is 12.9. The van der Waals surface area contributed by atoms with Crippen molar-refractivity contribution in [3.05, 3.63) is 30.3 Å². The zero-order valence-electron chi connectivity index (χ0n) is 15.9. The molecule has 3 aromatic heterocycles. The van der Waals surface area contributed by atoms with Crippen LogP contribution >= 0.6 is 0 Å². The number of rotatable bonds is 4. The molecule has 0 N–H and O–H groups in total. The number of ether oxygens (including phenoxy) is 1. The van der Waals surface area contributed by atoms with Crippen LogP contribution in [0.1, 0.15) is 43.9 Å². The molecule has 2 fully saturated rings. The molecular formula is C20H23N5O3. The van der Waals surface area contributed by atoms with Crippen molar-refractivity contribution in [2.24, 2.45) is 0 Å². The quantitative estimate of drug-likeness (QED) is 0.691. The molecule has 0 atom stereocenters. The SMILES string of the molecule is CCC(=O)N1CCC(c2cc(-c3cc4c(cn3)cnn4C3COC3)no2)CC1. The molecule has 8 heteroatoms. The van der Waals surface area contributed by atoms with Crippen LogP contribution in [0.15, 0.2) is 29.0 Å². The van der Waals surface area contributed by atoms with Gasteiger partial charge in [-0.2, -0.15) is 5.10 Å². The van der Waals surface area contributed by atoms with Crippen molar-refractivity contribution in [2.75, 3.05) is 26.3 Å². The normalized spacial score (nSPS) is 18.5. The van der Waals surface area contributed by atoms with E-state index in [2.05, 4.69) is 15.2 Å². The lowest BCUT2D eigenvalue weighted by molar-refractivity contribution is -0.131. The summed E-state index contributed by atoms with van der Waals surface area (Å²) in [4.78, 5) is 18.3. The molecule has 1 amide bonds. The van der Waals surface area contributed by atoms with Gasteiger partial charge in [-0.15, -0.1) is 0 Å². The van der Waals surface area contributed by atoms with Crippen molar-refractivity contribution < 1.29 is 14.1 Å². The van der Waals surface area contributed by atoms with E-state index in [1.165, 1.54) is 0 Å².